The van der Waals surface area contributed by atoms with E-state index in [1.54, 1.807) is 0 Å². The molecule has 0 aliphatic heterocycles. The van der Waals surface area contributed by atoms with E-state index in [2.05, 4.69) is 15.8 Å². The first kappa shape index (κ1) is 10.8. The molecule has 0 unspecified atom stereocenters. The van der Waals surface area contributed by atoms with Crippen LogP contribution < -0.4 is 10.7 Å². The molecule has 1 aliphatic rings. The summed E-state index contributed by atoms with van der Waals surface area (Å²) in [6.45, 7) is 0. The van der Waals surface area contributed by atoms with Crippen molar-refractivity contribution in [2.75, 3.05) is 0 Å². The third-order valence-corrected chi connectivity index (χ3v) is 2.74. The molecular weight excluding hydrogens is 226 g/mol. The quantitative estimate of drug-likeness (QED) is 0.456. The van der Waals surface area contributed by atoms with E-state index in [1.165, 1.54) is 17.6 Å². The Labute approximate surface area is 96.5 Å². The number of hydrazone groups is 1. The summed E-state index contributed by atoms with van der Waals surface area (Å²) in [5, 5.41) is 10.1. The molecule has 1 aliphatic carbocycles. The van der Waals surface area contributed by atoms with Crippen LogP contribution in [-0.2, 0) is 9.59 Å². The number of amides is 2. The molecule has 1 aromatic heterocycles. The van der Waals surface area contributed by atoms with Crippen LogP contribution in [0.4, 0.5) is 0 Å². The van der Waals surface area contributed by atoms with Crippen molar-refractivity contribution in [3.05, 3.63) is 22.4 Å². The van der Waals surface area contributed by atoms with E-state index in [4.69, 9.17) is 0 Å². The maximum absolute atomic E-state index is 11.2. The van der Waals surface area contributed by atoms with E-state index in [9.17, 15) is 9.59 Å². The fraction of sp³-hybridized carbons (Fsp3) is 0.300. The average Bonchev–Trinajstić information content (AvgIpc) is 2.93. The number of thiophene rings is 1. The highest BCUT2D eigenvalue weighted by molar-refractivity contribution is 7.08. The zero-order chi connectivity index (χ0) is 11.4. The first-order valence-corrected chi connectivity index (χ1v) is 5.86. The second kappa shape index (κ2) is 4.89. The Bertz CT molecular complexity index is 410. The number of nitrogens with one attached hydrogen (secondary N) is 2. The van der Waals surface area contributed by atoms with Gasteiger partial charge in [-0.25, -0.2) is 5.43 Å². The van der Waals surface area contributed by atoms with Gasteiger partial charge in [0.05, 0.1) is 6.21 Å². The molecule has 16 heavy (non-hydrogen) atoms. The summed E-state index contributed by atoms with van der Waals surface area (Å²) >= 11 is 1.54. The van der Waals surface area contributed by atoms with E-state index in [1.807, 2.05) is 16.8 Å². The van der Waals surface area contributed by atoms with Gasteiger partial charge < -0.3 is 5.32 Å². The first-order valence-electron chi connectivity index (χ1n) is 4.92. The van der Waals surface area contributed by atoms with Gasteiger partial charge in [-0.15, -0.1) is 0 Å². The van der Waals surface area contributed by atoms with Gasteiger partial charge in [-0.2, -0.15) is 16.4 Å². The Morgan fingerprint density at radius 3 is 2.88 bits per heavy atom. The Morgan fingerprint density at radius 2 is 2.25 bits per heavy atom. The predicted octanol–water partition coefficient (Wildman–Crippen LogP) is 0.477. The molecule has 0 saturated heterocycles. The summed E-state index contributed by atoms with van der Waals surface area (Å²) in [6, 6.07) is 2.05. The number of hydrogen-bond acceptors (Lipinski definition) is 4. The molecule has 0 bridgehead atoms. The van der Waals surface area contributed by atoms with Crippen LogP contribution in [0.2, 0.25) is 0 Å². The van der Waals surface area contributed by atoms with Crippen molar-refractivity contribution in [1.82, 2.24) is 10.7 Å². The third kappa shape index (κ3) is 3.16. The second-order valence-electron chi connectivity index (χ2n) is 3.50. The van der Waals surface area contributed by atoms with Crippen LogP contribution in [-0.4, -0.2) is 24.1 Å². The highest BCUT2D eigenvalue weighted by atomic mass is 32.1. The summed E-state index contributed by atoms with van der Waals surface area (Å²) in [4.78, 5) is 22.4. The molecule has 1 fully saturated rings. The van der Waals surface area contributed by atoms with Gasteiger partial charge in [-0.3, -0.25) is 9.59 Å². The van der Waals surface area contributed by atoms with Crippen molar-refractivity contribution >= 4 is 29.4 Å². The standard InChI is InChI=1S/C10H11N3O2S/c14-9(12-8-1-2-8)10(15)13-11-5-7-3-4-16-6-7/h3-6,8H,1-2H2,(H,12,14)(H,13,15)/b11-5-. The zero-order valence-electron chi connectivity index (χ0n) is 8.47. The van der Waals surface area contributed by atoms with Gasteiger partial charge in [-0.1, -0.05) is 0 Å². The minimum absolute atomic E-state index is 0.180. The van der Waals surface area contributed by atoms with Crippen LogP contribution in [0, 0.1) is 0 Å². The van der Waals surface area contributed by atoms with E-state index in [0.29, 0.717) is 0 Å². The van der Waals surface area contributed by atoms with E-state index < -0.39 is 11.8 Å². The van der Waals surface area contributed by atoms with Gasteiger partial charge >= 0.3 is 11.8 Å². The van der Waals surface area contributed by atoms with Crippen LogP contribution >= 0.6 is 11.3 Å². The molecule has 1 saturated carbocycles. The summed E-state index contributed by atoms with van der Waals surface area (Å²) < 4.78 is 0. The lowest BCUT2D eigenvalue weighted by Crippen LogP contribution is -2.38. The molecule has 0 atom stereocenters. The van der Waals surface area contributed by atoms with Crippen molar-refractivity contribution in [2.45, 2.75) is 18.9 Å². The third-order valence-electron chi connectivity index (χ3n) is 2.04. The lowest BCUT2D eigenvalue weighted by Gasteiger charge is -2.00. The van der Waals surface area contributed by atoms with Gasteiger partial charge in [-0.05, 0) is 29.7 Å². The maximum Gasteiger partial charge on any atom is 0.329 e. The Balaban J connectivity index is 1.76. The van der Waals surface area contributed by atoms with Crippen LogP contribution in [0.1, 0.15) is 18.4 Å². The molecule has 0 radical (unpaired) electrons. The molecule has 0 spiro atoms. The smallest absolute Gasteiger partial charge is 0.329 e. The molecule has 84 valence electrons. The molecule has 0 aromatic carbocycles. The Kier molecular flexibility index (Phi) is 3.31. The van der Waals surface area contributed by atoms with Crippen LogP contribution in [0.3, 0.4) is 0 Å². The van der Waals surface area contributed by atoms with Gasteiger partial charge in [0.1, 0.15) is 0 Å². The van der Waals surface area contributed by atoms with Crippen molar-refractivity contribution in [2.24, 2.45) is 5.10 Å². The minimum Gasteiger partial charge on any atom is -0.345 e. The van der Waals surface area contributed by atoms with Gasteiger partial charge in [0, 0.05) is 11.6 Å². The molecule has 2 rings (SSSR count). The predicted molar refractivity (Wildman–Crippen MR) is 61.2 cm³/mol. The monoisotopic (exact) mass is 237 g/mol. The number of carbonyl (C=O) groups excluding carboxylic acids is 2. The number of carbonyl (C=O) groups is 2. The Morgan fingerprint density at radius 1 is 1.44 bits per heavy atom. The lowest BCUT2D eigenvalue weighted by molar-refractivity contribution is -0.139. The largest absolute Gasteiger partial charge is 0.345 e. The zero-order valence-corrected chi connectivity index (χ0v) is 9.29. The molecule has 2 N–H and O–H groups in total. The van der Waals surface area contributed by atoms with E-state index >= 15 is 0 Å². The van der Waals surface area contributed by atoms with Crippen molar-refractivity contribution < 1.29 is 9.59 Å². The SMILES string of the molecule is O=C(N/N=C\c1ccsc1)C(=O)NC1CC1. The first-order chi connectivity index (χ1) is 7.75. The van der Waals surface area contributed by atoms with Crippen molar-refractivity contribution in [1.29, 1.82) is 0 Å². The Hall–Kier alpha value is -1.69. The fourth-order valence-electron chi connectivity index (χ4n) is 1.04. The highest BCUT2D eigenvalue weighted by Crippen LogP contribution is 2.18. The molecule has 2 amide bonds. The molecule has 1 heterocycles. The summed E-state index contributed by atoms with van der Waals surface area (Å²) in [7, 11) is 0. The molecular formula is C10H11N3O2S. The maximum atomic E-state index is 11.2. The number of hydrogen-bond donors (Lipinski definition) is 2. The van der Waals surface area contributed by atoms with Crippen molar-refractivity contribution in [3.63, 3.8) is 0 Å². The van der Waals surface area contributed by atoms with Gasteiger partial charge in [0.2, 0.25) is 0 Å². The van der Waals surface area contributed by atoms with Crippen LogP contribution in [0.15, 0.2) is 21.9 Å². The van der Waals surface area contributed by atoms with Gasteiger partial charge in [0.25, 0.3) is 0 Å². The minimum atomic E-state index is -0.724. The number of rotatable bonds is 3. The molecule has 5 nitrogen and oxygen atoms in total. The van der Waals surface area contributed by atoms with Crippen LogP contribution in [0.25, 0.3) is 0 Å². The fourth-order valence-corrected chi connectivity index (χ4v) is 1.65. The van der Waals surface area contributed by atoms with E-state index in [0.717, 1.165) is 18.4 Å². The molecule has 6 heteroatoms. The van der Waals surface area contributed by atoms with Crippen molar-refractivity contribution in [3.8, 4) is 0 Å². The average molecular weight is 237 g/mol. The normalized spacial score (nSPS) is 15.0. The van der Waals surface area contributed by atoms with Gasteiger partial charge in [0.15, 0.2) is 0 Å². The van der Waals surface area contributed by atoms with Crippen LogP contribution in [0.5, 0.6) is 0 Å². The highest BCUT2D eigenvalue weighted by Gasteiger charge is 2.26. The second-order valence-corrected chi connectivity index (χ2v) is 4.28. The molecule has 1 aromatic rings. The van der Waals surface area contributed by atoms with E-state index in [-0.39, 0.29) is 6.04 Å². The summed E-state index contributed by atoms with van der Waals surface area (Å²) in [5.41, 5.74) is 3.07. The summed E-state index contributed by atoms with van der Waals surface area (Å²) in [5.74, 6) is -1.34. The topological polar surface area (TPSA) is 70.6 Å². The number of nitrogens with zero attached hydrogens (tertiary/aromatic N) is 1. The summed E-state index contributed by atoms with van der Waals surface area (Å²) in [6.07, 6.45) is 3.41. The lowest BCUT2D eigenvalue weighted by atomic mass is 10.4.